The van der Waals surface area contributed by atoms with E-state index in [4.69, 9.17) is 16.2 Å². The number of ether oxygens (including phenoxy) is 1. The molecule has 15 nitrogen and oxygen atoms in total. The number of carbonyl (C=O) groups is 3. The predicted molar refractivity (Wildman–Crippen MR) is 196 cm³/mol. The van der Waals surface area contributed by atoms with Gasteiger partial charge in [0.1, 0.15) is 6.04 Å². The lowest BCUT2D eigenvalue weighted by Crippen LogP contribution is -2.41. The molecule has 10 N–H and O–H groups in total. The number of amides is 2. The molecule has 1 aromatic rings. The van der Waals surface area contributed by atoms with Crippen LogP contribution in [0.25, 0.3) is 0 Å². The number of rotatable bonds is 22. The maximum Gasteiger partial charge on any atom is 0.328 e. The molecule has 3 rings (SSSR count). The van der Waals surface area contributed by atoms with E-state index < -0.39 is 12.0 Å². The Labute approximate surface area is 296 Å². The first kappa shape index (κ1) is 40.9. The highest BCUT2D eigenvalue weighted by atomic mass is 35.5. The lowest BCUT2D eigenvalue weighted by atomic mass is 10.0. The van der Waals surface area contributed by atoms with Gasteiger partial charge in [-0.05, 0) is 48.9 Å². The van der Waals surface area contributed by atoms with E-state index in [9.17, 15) is 14.4 Å². The number of nitrogens with two attached hydrogens (primary N) is 2. The summed E-state index contributed by atoms with van der Waals surface area (Å²) in [6, 6.07) is 5.27. The molecule has 2 amide bonds. The van der Waals surface area contributed by atoms with Crippen molar-refractivity contribution in [2.45, 2.75) is 89.8 Å². The van der Waals surface area contributed by atoms with E-state index >= 15 is 0 Å². The fraction of sp³-hybridized carbons (Fsp3) is 0.636. The van der Waals surface area contributed by atoms with Crippen molar-refractivity contribution < 1.29 is 19.1 Å². The number of benzene rings is 1. The Hall–Kier alpha value is -4.27. The highest BCUT2D eigenvalue weighted by molar-refractivity contribution is 5.94. The van der Waals surface area contributed by atoms with Gasteiger partial charge in [0, 0.05) is 51.3 Å². The van der Waals surface area contributed by atoms with Crippen molar-refractivity contribution >= 4 is 48.1 Å². The number of nitrogens with zero attached hydrogens (tertiary/aromatic N) is 3. The van der Waals surface area contributed by atoms with Gasteiger partial charge >= 0.3 is 5.97 Å². The standard InChI is InChI=1S/C33H55N11O4.ClH/c1-48-30(47)27(11-10-14-37-31(34)35)44-28(45)12-8-6-4-2-3-5-7-9-13-36-29(46)26-20-24(22-42-32-38-15-16-39-32)19-25(21-26)23-43-33-40-17-18-41-33;/h19-21,27H,2-18,22-23H2,1H3,(H,36,46)(H,44,45)(H4,34,35,37)(H2,38,39,42)(H2,40,41,43);1H. The first-order valence-corrected chi connectivity index (χ1v) is 17.2. The van der Waals surface area contributed by atoms with Crippen LogP contribution in [0.3, 0.4) is 0 Å². The zero-order valence-corrected chi connectivity index (χ0v) is 29.6. The average molecular weight is 706 g/mol. The van der Waals surface area contributed by atoms with Gasteiger partial charge in [0.25, 0.3) is 5.91 Å². The molecule has 2 aliphatic rings. The molecule has 49 heavy (non-hydrogen) atoms. The van der Waals surface area contributed by atoms with Crippen LogP contribution in [0.2, 0.25) is 0 Å². The number of aliphatic imine (C=N–C) groups is 3. The van der Waals surface area contributed by atoms with Crippen LogP contribution in [0.4, 0.5) is 0 Å². The maximum absolute atomic E-state index is 13.1. The summed E-state index contributed by atoms with van der Waals surface area (Å²) in [5.74, 6) is 0.882. The second-order valence-corrected chi connectivity index (χ2v) is 12.0. The molecular weight excluding hydrogens is 650 g/mol. The number of hydrogen-bond acceptors (Lipinski definition) is 11. The van der Waals surface area contributed by atoms with Crippen molar-refractivity contribution in [1.29, 1.82) is 0 Å². The predicted octanol–water partition coefficient (Wildman–Crippen LogP) is 1.16. The molecule has 2 heterocycles. The molecule has 1 aromatic carbocycles. The molecule has 0 spiro atoms. The third-order valence-electron chi connectivity index (χ3n) is 7.97. The van der Waals surface area contributed by atoms with Gasteiger partial charge in [-0.15, -0.1) is 12.4 Å². The summed E-state index contributed by atoms with van der Waals surface area (Å²) in [4.78, 5) is 50.1. The molecule has 0 fully saturated rings. The van der Waals surface area contributed by atoms with Crippen LogP contribution in [0.15, 0.2) is 33.2 Å². The molecule has 0 aliphatic carbocycles. The van der Waals surface area contributed by atoms with Gasteiger partial charge < -0.3 is 48.1 Å². The Balaban J connectivity index is 0.00000833. The quantitative estimate of drug-likeness (QED) is 0.0372. The Morgan fingerprint density at radius 3 is 1.96 bits per heavy atom. The van der Waals surface area contributed by atoms with Crippen molar-refractivity contribution in [3.8, 4) is 0 Å². The van der Waals surface area contributed by atoms with Crippen molar-refractivity contribution in [3.63, 3.8) is 0 Å². The van der Waals surface area contributed by atoms with E-state index in [1.807, 2.05) is 12.1 Å². The number of unbranched alkanes of at least 4 members (excludes halogenated alkanes) is 7. The zero-order chi connectivity index (χ0) is 34.4. The van der Waals surface area contributed by atoms with Crippen molar-refractivity contribution in [2.24, 2.45) is 26.4 Å². The Bertz CT molecular complexity index is 1220. The number of carbonyl (C=O) groups excluding carboxylic acids is 3. The molecule has 2 aliphatic heterocycles. The first-order chi connectivity index (χ1) is 23.3. The Morgan fingerprint density at radius 2 is 1.43 bits per heavy atom. The van der Waals surface area contributed by atoms with Gasteiger partial charge in [0.2, 0.25) is 5.91 Å². The maximum atomic E-state index is 13.1. The molecular formula is C33H56ClN11O4. The molecule has 1 unspecified atom stereocenters. The monoisotopic (exact) mass is 705 g/mol. The molecule has 0 radical (unpaired) electrons. The topological polar surface area (TPSA) is 222 Å². The Kier molecular flexibility index (Phi) is 20.0. The normalized spacial score (nSPS) is 13.8. The van der Waals surface area contributed by atoms with Crippen molar-refractivity contribution in [1.82, 2.24) is 31.9 Å². The number of nitrogens with one attached hydrogen (secondary N) is 6. The molecule has 0 saturated carbocycles. The fourth-order valence-electron chi connectivity index (χ4n) is 5.44. The molecule has 0 bridgehead atoms. The van der Waals surface area contributed by atoms with E-state index in [1.165, 1.54) is 7.11 Å². The minimum atomic E-state index is -0.696. The third-order valence-corrected chi connectivity index (χ3v) is 7.97. The largest absolute Gasteiger partial charge is 0.467 e. The number of methoxy groups -OCH3 is 1. The van der Waals surface area contributed by atoms with E-state index in [2.05, 4.69) is 52.9 Å². The zero-order valence-electron chi connectivity index (χ0n) is 28.8. The Morgan fingerprint density at radius 1 is 0.857 bits per heavy atom. The molecule has 0 saturated heterocycles. The van der Waals surface area contributed by atoms with Crippen LogP contribution in [0.1, 0.15) is 92.1 Å². The van der Waals surface area contributed by atoms with Crippen molar-refractivity contribution in [3.05, 3.63) is 34.9 Å². The van der Waals surface area contributed by atoms with Gasteiger partial charge in [-0.3, -0.25) is 24.6 Å². The number of esters is 1. The smallest absolute Gasteiger partial charge is 0.328 e. The van der Waals surface area contributed by atoms with E-state index in [-0.39, 0.29) is 30.2 Å². The third kappa shape index (κ3) is 17.1. The summed E-state index contributed by atoms with van der Waals surface area (Å²) in [7, 11) is 1.30. The van der Waals surface area contributed by atoms with E-state index in [0.717, 1.165) is 101 Å². The SMILES string of the molecule is COC(=O)C(CCCN=C(N)N)NC(=O)CCCCCCCCCCNC(=O)c1cc(CNC2=NCCN2)cc(CNC2=NCCN2)c1.Cl. The number of halogens is 1. The van der Waals surface area contributed by atoms with E-state index in [1.54, 1.807) is 0 Å². The summed E-state index contributed by atoms with van der Waals surface area (Å²) < 4.78 is 4.81. The van der Waals surface area contributed by atoms with Crippen LogP contribution in [0.5, 0.6) is 0 Å². The molecule has 1 atom stereocenters. The minimum Gasteiger partial charge on any atom is -0.467 e. The summed E-state index contributed by atoms with van der Waals surface area (Å²) in [5, 5.41) is 18.9. The molecule has 274 valence electrons. The summed E-state index contributed by atoms with van der Waals surface area (Å²) in [6.45, 7) is 5.37. The summed E-state index contributed by atoms with van der Waals surface area (Å²) >= 11 is 0. The van der Waals surface area contributed by atoms with Gasteiger partial charge in [-0.2, -0.15) is 0 Å². The molecule has 16 heteroatoms. The number of hydrogen-bond donors (Lipinski definition) is 8. The second kappa shape index (κ2) is 24.0. The lowest BCUT2D eigenvalue weighted by Gasteiger charge is -2.16. The van der Waals surface area contributed by atoms with Crippen LogP contribution in [-0.4, -0.2) is 88.1 Å². The van der Waals surface area contributed by atoms with Crippen LogP contribution in [0, 0.1) is 0 Å². The van der Waals surface area contributed by atoms with Gasteiger partial charge in [0.15, 0.2) is 17.9 Å². The second-order valence-electron chi connectivity index (χ2n) is 12.0. The summed E-state index contributed by atoms with van der Waals surface area (Å²) in [5.41, 5.74) is 13.3. The van der Waals surface area contributed by atoms with Crippen LogP contribution in [-0.2, 0) is 27.4 Å². The first-order valence-electron chi connectivity index (χ1n) is 17.2. The molecule has 0 aromatic heterocycles. The van der Waals surface area contributed by atoms with Gasteiger partial charge in [-0.25, -0.2) is 4.79 Å². The van der Waals surface area contributed by atoms with Crippen LogP contribution < -0.4 is 43.4 Å². The van der Waals surface area contributed by atoms with Gasteiger partial charge in [-0.1, -0.05) is 44.6 Å². The van der Waals surface area contributed by atoms with Gasteiger partial charge in [0.05, 0.1) is 20.2 Å². The number of guanidine groups is 3. The van der Waals surface area contributed by atoms with Crippen LogP contribution >= 0.6 is 12.4 Å². The summed E-state index contributed by atoms with van der Waals surface area (Å²) in [6.07, 6.45) is 9.41. The lowest BCUT2D eigenvalue weighted by molar-refractivity contribution is -0.145. The average Bonchev–Trinajstić information content (AvgIpc) is 3.81. The highest BCUT2D eigenvalue weighted by Gasteiger charge is 2.20. The fourth-order valence-corrected chi connectivity index (χ4v) is 5.44. The highest BCUT2D eigenvalue weighted by Crippen LogP contribution is 2.13. The van der Waals surface area contributed by atoms with E-state index in [0.29, 0.717) is 51.0 Å². The minimum absolute atomic E-state index is 0. The van der Waals surface area contributed by atoms with Crippen molar-refractivity contribution in [2.75, 3.05) is 46.4 Å².